The molecule has 0 spiro atoms. The van der Waals surface area contributed by atoms with Crippen molar-refractivity contribution in [2.24, 2.45) is 7.05 Å². The van der Waals surface area contributed by atoms with Gasteiger partial charge in [0.05, 0.1) is 41.7 Å². The fourth-order valence-corrected chi connectivity index (χ4v) is 5.63. The number of nitrogens with zero attached hydrogens (tertiary/aromatic N) is 4. The van der Waals surface area contributed by atoms with Gasteiger partial charge in [-0.2, -0.15) is 5.10 Å². The van der Waals surface area contributed by atoms with E-state index in [4.69, 9.17) is 4.74 Å². The van der Waals surface area contributed by atoms with Crippen molar-refractivity contribution in [3.05, 3.63) is 99.4 Å². The SMILES string of the molecule is CC(=O)c1ccc2c(C3(NC(=O)c4ccc(COCc5cscn5)cc4C)CC3)cc(-c3cnn(C)c3)cc2n1. The molecule has 1 aliphatic carbocycles. The summed E-state index contributed by atoms with van der Waals surface area (Å²) in [6, 6.07) is 13.6. The zero-order valence-electron chi connectivity index (χ0n) is 22.6. The van der Waals surface area contributed by atoms with Crippen molar-refractivity contribution >= 4 is 33.9 Å². The first-order valence-corrected chi connectivity index (χ1v) is 14.1. The van der Waals surface area contributed by atoms with E-state index in [0.29, 0.717) is 24.5 Å². The molecule has 6 rings (SSSR count). The van der Waals surface area contributed by atoms with Crippen molar-refractivity contribution in [1.29, 1.82) is 0 Å². The normalized spacial score (nSPS) is 13.9. The number of benzene rings is 2. The van der Waals surface area contributed by atoms with Crippen LogP contribution < -0.4 is 5.32 Å². The number of rotatable bonds is 9. The molecular weight excluding hydrogens is 522 g/mol. The third kappa shape index (κ3) is 5.17. The highest BCUT2D eigenvalue weighted by molar-refractivity contribution is 7.07. The van der Waals surface area contributed by atoms with Crippen LogP contribution in [0.2, 0.25) is 0 Å². The van der Waals surface area contributed by atoms with Gasteiger partial charge in [-0.3, -0.25) is 14.3 Å². The maximum Gasteiger partial charge on any atom is 0.252 e. The van der Waals surface area contributed by atoms with Gasteiger partial charge in [-0.25, -0.2) is 9.97 Å². The van der Waals surface area contributed by atoms with Gasteiger partial charge in [0.15, 0.2) is 5.78 Å². The first-order valence-electron chi connectivity index (χ1n) is 13.1. The molecule has 5 aromatic rings. The van der Waals surface area contributed by atoms with Crippen LogP contribution in [-0.4, -0.2) is 31.4 Å². The highest BCUT2D eigenvalue weighted by Crippen LogP contribution is 2.49. The van der Waals surface area contributed by atoms with E-state index in [0.717, 1.165) is 57.3 Å². The number of amides is 1. The van der Waals surface area contributed by atoms with E-state index in [2.05, 4.69) is 26.4 Å². The molecule has 0 unspecified atom stereocenters. The standard InChI is InChI=1S/C31H29N5O3S/c1-19-10-21(15-39-16-24-17-40-18-32-24)4-5-25(19)30(38)35-31(8-9-31)27-11-22(23-13-33-36(3)14-23)12-29-26(27)6-7-28(34-29)20(2)37/h4-7,10-14,17-18H,8-9,15-16H2,1-3H3,(H,35,38). The molecule has 0 bridgehead atoms. The summed E-state index contributed by atoms with van der Waals surface area (Å²) in [4.78, 5) is 34.6. The molecule has 0 radical (unpaired) electrons. The second-order valence-electron chi connectivity index (χ2n) is 10.4. The molecule has 1 amide bonds. The van der Waals surface area contributed by atoms with Gasteiger partial charge in [0, 0.05) is 42.1 Å². The Morgan fingerprint density at radius 1 is 1.10 bits per heavy atom. The van der Waals surface area contributed by atoms with Gasteiger partial charge >= 0.3 is 0 Å². The molecule has 202 valence electrons. The van der Waals surface area contributed by atoms with Crippen molar-refractivity contribution in [2.45, 2.75) is 45.4 Å². The molecule has 0 aliphatic heterocycles. The summed E-state index contributed by atoms with van der Waals surface area (Å²) >= 11 is 1.55. The number of ketones is 1. The van der Waals surface area contributed by atoms with Gasteiger partial charge in [-0.1, -0.05) is 18.2 Å². The number of aryl methyl sites for hydroxylation is 2. The van der Waals surface area contributed by atoms with Crippen molar-refractivity contribution in [1.82, 2.24) is 25.1 Å². The molecule has 1 N–H and O–H groups in total. The Labute approximate surface area is 236 Å². The fourth-order valence-electron chi connectivity index (χ4n) is 5.09. The van der Waals surface area contributed by atoms with Gasteiger partial charge in [0.25, 0.3) is 5.91 Å². The average Bonchev–Trinajstić information content (AvgIpc) is 3.29. The molecule has 0 atom stereocenters. The Morgan fingerprint density at radius 2 is 1.95 bits per heavy atom. The lowest BCUT2D eigenvalue weighted by Gasteiger charge is -2.22. The van der Waals surface area contributed by atoms with E-state index in [1.807, 2.05) is 62.1 Å². The third-order valence-corrected chi connectivity index (χ3v) is 8.00. The lowest BCUT2D eigenvalue weighted by atomic mass is 9.93. The van der Waals surface area contributed by atoms with Crippen molar-refractivity contribution in [3.8, 4) is 11.1 Å². The smallest absolute Gasteiger partial charge is 0.252 e. The minimum Gasteiger partial charge on any atom is -0.370 e. The van der Waals surface area contributed by atoms with Crippen LogP contribution >= 0.6 is 11.3 Å². The van der Waals surface area contributed by atoms with Gasteiger partial charge in [-0.05, 0) is 66.3 Å². The topological polar surface area (TPSA) is 99.0 Å². The Morgan fingerprint density at radius 3 is 2.62 bits per heavy atom. The largest absolute Gasteiger partial charge is 0.370 e. The zero-order valence-corrected chi connectivity index (χ0v) is 23.4. The van der Waals surface area contributed by atoms with E-state index in [-0.39, 0.29) is 11.7 Å². The first-order chi connectivity index (χ1) is 19.3. The number of carbonyl (C=O) groups excluding carboxylic acids is 2. The van der Waals surface area contributed by atoms with E-state index in [9.17, 15) is 9.59 Å². The second kappa shape index (κ2) is 10.4. The van der Waals surface area contributed by atoms with E-state index >= 15 is 0 Å². The molecule has 3 aromatic heterocycles. The number of fused-ring (bicyclic) bond motifs is 1. The molecular formula is C31H29N5O3S. The van der Waals surface area contributed by atoms with Crippen LogP contribution in [0.25, 0.3) is 22.0 Å². The Balaban J connectivity index is 1.28. The summed E-state index contributed by atoms with van der Waals surface area (Å²) in [6.07, 6.45) is 5.40. The van der Waals surface area contributed by atoms with Gasteiger partial charge < -0.3 is 10.1 Å². The molecule has 0 saturated heterocycles. The van der Waals surface area contributed by atoms with Crippen molar-refractivity contribution in [2.75, 3.05) is 0 Å². The molecule has 3 heterocycles. The number of hydrogen-bond acceptors (Lipinski definition) is 7. The number of Topliss-reactive ketones (excluding diaryl/α,β-unsaturated/α-hetero) is 1. The molecule has 8 nitrogen and oxygen atoms in total. The Hall–Kier alpha value is -4.21. The summed E-state index contributed by atoms with van der Waals surface area (Å²) in [7, 11) is 1.88. The highest BCUT2D eigenvalue weighted by atomic mass is 32.1. The number of aromatic nitrogens is 4. The third-order valence-electron chi connectivity index (χ3n) is 7.36. The van der Waals surface area contributed by atoms with Crippen LogP contribution in [0.4, 0.5) is 0 Å². The van der Waals surface area contributed by atoms with E-state index < -0.39 is 5.54 Å². The highest BCUT2D eigenvalue weighted by Gasteiger charge is 2.47. The molecule has 9 heteroatoms. The zero-order chi connectivity index (χ0) is 27.9. The lowest BCUT2D eigenvalue weighted by Crippen LogP contribution is -2.35. The van der Waals surface area contributed by atoms with Gasteiger partial charge in [0.2, 0.25) is 0 Å². The van der Waals surface area contributed by atoms with Crippen molar-refractivity contribution in [3.63, 3.8) is 0 Å². The summed E-state index contributed by atoms with van der Waals surface area (Å²) in [5, 5.41) is 10.6. The molecule has 40 heavy (non-hydrogen) atoms. The number of pyridine rings is 1. The average molecular weight is 552 g/mol. The number of thiazole rings is 1. The summed E-state index contributed by atoms with van der Waals surface area (Å²) in [6.45, 7) is 4.38. The lowest BCUT2D eigenvalue weighted by molar-refractivity contribution is 0.0929. The maximum atomic E-state index is 13.6. The van der Waals surface area contributed by atoms with E-state index in [1.165, 1.54) is 6.92 Å². The second-order valence-corrected chi connectivity index (χ2v) is 11.1. The Bertz CT molecular complexity index is 1740. The fraction of sp³-hybridized carbons (Fsp3) is 0.258. The van der Waals surface area contributed by atoms with Gasteiger partial charge in [0.1, 0.15) is 5.69 Å². The summed E-state index contributed by atoms with van der Waals surface area (Å²) < 4.78 is 7.55. The summed E-state index contributed by atoms with van der Waals surface area (Å²) in [5.74, 6) is -0.199. The van der Waals surface area contributed by atoms with Crippen LogP contribution in [0.3, 0.4) is 0 Å². The van der Waals surface area contributed by atoms with Crippen LogP contribution in [0.15, 0.2) is 65.7 Å². The molecule has 1 fully saturated rings. The van der Waals surface area contributed by atoms with E-state index in [1.54, 1.807) is 27.6 Å². The minimum absolute atomic E-state index is 0.0860. The monoisotopic (exact) mass is 551 g/mol. The quantitative estimate of drug-likeness (QED) is 0.235. The van der Waals surface area contributed by atoms with Crippen LogP contribution in [0, 0.1) is 6.92 Å². The number of hydrogen-bond donors (Lipinski definition) is 1. The maximum absolute atomic E-state index is 13.6. The minimum atomic E-state index is -0.505. The number of carbonyl (C=O) groups is 2. The van der Waals surface area contributed by atoms with Crippen LogP contribution in [-0.2, 0) is 30.5 Å². The molecule has 1 saturated carbocycles. The number of nitrogens with one attached hydrogen (secondary N) is 1. The Kier molecular flexibility index (Phi) is 6.77. The van der Waals surface area contributed by atoms with Crippen LogP contribution in [0.1, 0.15) is 63.0 Å². The predicted molar refractivity (Wildman–Crippen MR) is 154 cm³/mol. The molecule has 1 aliphatic rings. The first kappa shape index (κ1) is 26.0. The number of ether oxygens (including phenoxy) is 1. The molecule has 2 aromatic carbocycles. The summed E-state index contributed by atoms with van der Waals surface area (Å²) in [5.41, 5.74) is 8.79. The predicted octanol–water partition coefficient (Wildman–Crippen LogP) is 5.74. The van der Waals surface area contributed by atoms with Crippen molar-refractivity contribution < 1.29 is 14.3 Å². The van der Waals surface area contributed by atoms with Gasteiger partial charge in [-0.15, -0.1) is 11.3 Å². The van der Waals surface area contributed by atoms with Crippen LogP contribution in [0.5, 0.6) is 0 Å².